The second-order valence-electron chi connectivity index (χ2n) is 8.34. The Morgan fingerprint density at radius 3 is 2.69 bits per heavy atom. The van der Waals surface area contributed by atoms with Crippen LogP contribution in [0.3, 0.4) is 0 Å². The summed E-state index contributed by atoms with van der Waals surface area (Å²) in [6.45, 7) is 3.74. The van der Waals surface area contributed by atoms with Crippen molar-refractivity contribution in [2.75, 3.05) is 39.2 Å². The van der Waals surface area contributed by atoms with Crippen molar-refractivity contribution < 1.29 is 17.9 Å². The summed E-state index contributed by atoms with van der Waals surface area (Å²) in [7, 11) is 0.985. The number of carbonyl (C=O) groups is 1. The number of carbonyl (C=O) groups excluding carboxylic acids is 1. The van der Waals surface area contributed by atoms with Gasteiger partial charge in [0, 0.05) is 45.3 Å². The maximum atomic E-state index is 12.4. The van der Waals surface area contributed by atoms with Crippen molar-refractivity contribution in [1.82, 2.24) is 9.62 Å². The Morgan fingerprint density at radius 2 is 1.97 bits per heavy atom. The third-order valence-corrected chi connectivity index (χ3v) is 7.71. The van der Waals surface area contributed by atoms with Gasteiger partial charge in [0.1, 0.15) is 5.75 Å². The number of sulfonamides is 1. The Labute approximate surface area is 191 Å². The van der Waals surface area contributed by atoms with E-state index in [0.29, 0.717) is 30.3 Å². The van der Waals surface area contributed by atoms with E-state index >= 15 is 0 Å². The molecule has 1 amide bonds. The van der Waals surface area contributed by atoms with E-state index in [4.69, 9.17) is 4.74 Å². The number of ether oxygens (including phenoxy) is 1. The molecule has 1 unspecified atom stereocenters. The minimum Gasteiger partial charge on any atom is -0.496 e. The molecule has 7 nitrogen and oxygen atoms in total. The monoisotopic (exact) mass is 459 g/mol. The van der Waals surface area contributed by atoms with Gasteiger partial charge in [-0.2, -0.15) is 0 Å². The second kappa shape index (κ2) is 10.4. The molecule has 174 valence electrons. The molecule has 0 aliphatic carbocycles. The zero-order valence-electron chi connectivity index (χ0n) is 19.3. The van der Waals surface area contributed by atoms with Gasteiger partial charge < -0.3 is 15.0 Å². The van der Waals surface area contributed by atoms with Crippen molar-refractivity contribution in [1.29, 1.82) is 0 Å². The van der Waals surface area contributed by atoms with Crippen molar-refractivity contribution in [3.8, 4) is 5.75 Å². The topological polar surface area (TPSA) is 79.0 Å². The average molecular weight is 460 g/mol. The largest absolute Gasteiger partial charge is 0.496 e. The van der Waals surface area contributed by atoms with Crippen LogP contribution >= 0.6 is 0 Å². The molecule has 1 aliphatic rings. The lowest BCUT2D eigenvalue weighted by Gasteiger charge is -2.25. The van der Waals surface area contributed by atoms with E-state index in [9.17, 15) is 13.2 Å². The van der Waals surface area contributed by atoms with Gasteiger partial charge in [0.2, 0.25) is 15.9 Å². The van der Waals surface area contributed by atoms with Gasteiger partial charge in [0.15, 0.2) is 0 Å². The SMILES string of the molecule is COc1ccc(S(=O)(=O)N(C)C)cc1CCC(=O)NCCCN1c2ccccc2CC1C. The van der Waals surface area contributed by atoms with Gasteiger partial charge in [-0.15, -0.1) is 0 Å². The summed E-state index contributed by atoms with van der Waals surface area (Å²) in [6.07, 6.45) is 2.60. The van der Waals surface area contributed by atoms with Crippen LogP contribution in [0.5, 0.6) is 5.75 Å². The normalized spacial score (nSPS) is 15.7. The van der Waals surface area contributed by atoms with Crippen LogP contribution in [0.25, 0.3) is 0 Å². The predicted octanol–water partition coefficient (Wildman–Crippen LogP) is 2.84. The summed E-state index contributed by atoms with van der Waals surface area (Å²) in [6, 6.07) is 13.7. The molecule has 0 aromatic heterocycles. The molecule has 2 aromatic carbocycles. The number of hydrogen-bond acceptors (Lipinski definition) is 5. The Balaban J connectivity index is 1.50. The fraction of sp³-hybridized carbons (Fsp3) is 0.458. The van der Waals surface area contributed by atoms with Crippen LogP contribution in [0, 0.1) is 0 Å². The number of aryl methyl sites for hydroxylation is 1. The number of hydrogen-bond donors (Lipinski definition) is 1. The van der Waals surface area contributed by atoms with Crippen molar-refractivity contribution in [3.63, 3.8) is 0 Å². The highest BCUT2D eigenvalue weighted by Crippen LogP contribution is 2.31. The highest BCUT2D eigenvalue weighted by atomic mass is 32.2. The molecule has 2 aromatic rings. The van der Waals surface area contributed by atoms with Gasteiger partial charge in [-0.1, -0.05) is 18.2 Å². The molecule has 1 N–H and O–H groups in total. The Kier molecular flexibility index (Phi) is 7.79. The molecule has 8 heteroatoms. The first-order valence-corrected chi connectivity index (χ1v) is 12.4. The minimum absolute atomic E-state index is 0.0530. The smallest absolute Gasteiger partial charge is 0.242 e. The van der Waals surface area contributed by atoms with Crippen molar-refractivity contribution in [2.24, 2.45) is 0 Å². The highest BCUT2D eigenvalue weighted by molar-refractivity contribution is 7.89. The molecule has 0 saturated carbocycles. The number of para-hydroxylation sites is 1. The molecule has 0 saturated heterocycles. The third kappa shape index (κ3) is 5.42. The van der Waals surface area contributed by atoms with Crippen LogP contribution in [0.15, 0.2) is 47.4 Å². The van der Waals surface area contributed by atoms with E-state index in [1.165, 1.54) is 42.8 Å². The lowest BCUT2D eigenvalue weighted by atomic mass is 10.1. The summed E-state index contributed by atoms with van der Waals surface area (Å²) in [5, 5.41) is 2.98. The zero-order valence-corrected chi connectivity index (χ0v) is 20.1. The second-order valence-corrected chi connectivity index (χ2v) is 10.5. The van der Waals surface area contributed by atoms with Gasteiger partial charge in [0.25, 0.3) is 0 Å². The summed E-state index contributed by atoms with van der Waals surface area (Å²) >= 11 is 0. The molecular formula is C24H33N3O4S. The van der Waals surface area contributed by atoms with E-state index < -0.39 is 10.0 Å². The van der Waals surface area contributed by atoms with Crippen LogP contribution in [0.1, 0.15) is 30.9 Å². The predicted molar refractivity (Wildman–Crippen MR) is 127 cm³/mol. The minimum atomic E-state index is -3.54. The van der Waals surface area contributed by atoms with Crippen LogP contribution in [0.4, 0.5) is 5.69 Å². The van der Waals surface area contributed by atoms with Crippen LogP contribution in [0.2, 0.25) is 0 Å². The number of amides is 1. The van der Waals surface area contributed by atoms with E-state index in [0.717, 1.165) is 19.4 Å². The third-order valence-electron chi connectivity index (χ3n) is 5.90. The van der Waals surface area contributed by atoms with Gasteiger partial charge in [-0.3, -0.25) is 4.79 Å². The number of nitrogens with zero attached hydrogens (tertiary/aromatic N) is 2. The first-order valence-electron chi connectivity index (χ1n) is 10.9. The fourth-order valence-electron chi connectivity index (χ4n) is 4.11. The van der Waals surface area contributed by atoms with Gasteiger partial charge in [-0.05, 0) is 61.6 Å². The van der Waals surface area contributed by atoms with Crippen molar-refractivity contribution in [3.05, 3.63) is 53.6 Å². The quantitative estimate of drug-likeness (QED) is 0.553. The van der Waals surface area contributed by atoms with Crippen molar-refractivity contribution in [2.45, 2.75) is 43.5 Å². The van der Waals surface area contributed by atoms with Gasteiger partial charge in [0.05, 0.1) is 12.0 Å². The lowest BCUT2D eigenvalue weighted by molar-refractivity contribution is -0.121. The van der Waals surface area contributed by atoms with Gasteiger partial charge in [-0.25, -0.2) is 12.7 Å². The number of anilines is 1. The van der Waals surface area contributed by atoms with Gasteiger partial charge >= 0.3 is 0 Å². The number of nitrogens with one attached hydrogen (secondary N) is 1. The van der Waals surface area contributed by atoms with Crippen molar-refractivity contribution >= 4 is 21.6 Å². The fourth-order valence-corrected chi connectivity index (χ4v) is 5.06. The molecule has 3 rings (SSSR count). The molecule has 1 heterocycles. The van der Waals surface area contributed by atoms with Crippen LogP contribution in [-0.4, -0.2) is 59.0 Å². The molecule has 1 aliphatic heterocycles. The molecular weight excluding hydrogens is 426 g/mol. The molecule has 0 radical (unpaired) electrons. The Morgan fingerprint density at radius 1 is 1.22 bits per heavy atom. The molecule has 0 fully saturated rings. The number of benzene rings is 2. The number of fused-ring (bicyclic) bond motifs is 1. The van der Waals surface area contributed by atoms with E-state index in [1.807, 2.05) is 0 Å². The van der Waals surface area contributed by atoms with Crippen LogP contribution in [-0.2, 0) is 27.7 Å². The standard InChI is InChI=1S/C24H33N3O4S/c1-18-16-19-8-5-6-9-22(19)27(18)15-7-14-25-24(28)13-10-20-17-21(11-12-23(20)31-4)32(29,30)26(2)3/h5-6,8-9,11-12,17-18H,7,10,13-16H2,1-4H3,(H,25,28). The average Bonchev–Trinajstić information content (AvgIpc) is 3.09. The maximum absolute atomic E-state index is 12.4. The van der Waals surface area contributed by atoms with E-state index in [2.05, 4.69) is 41.4 Å². The summed E-state index contributed by atoms with van der Waals surface area (Å²) in [5.74, 6) is 0.528. The number of methoxy groups -OCH3 is 1. The molecule has 0 bridgehead atoms. The van der Waals surface area contributed by atoms with E-state index in [1.54, 1.807) is 12.1 Å². The molecule has 32 heavy (non-hydrogen) atoms. The zero-order chi connectivity index (χ0) is 23.3. The number of rotatable bonds is 10. The van der Waals surface area contributed by atoms with E-state index in [-0.39, 0.29) is 17.2 Å². The lowest BCUT2D eigenvalue weighted by Crippen LogP contribution is -2.33. The summed E-state index contributed by atoms with van der Waals surface area (Å²) in [5.41, 5.74) is 3.38. The molecule has 0 spiro atoms. The molecule has 1 atom stereocenters. The maximum Gasteiger partial charge on any atom is 0.242 e. The Hall–Kier alpha value is -2.58. The van der Waals surface area contributed by atoms with Crippen LogP contribution < -0.4 is 15.0 Å². The Bertz CT molecular complexity index is 1050. The summed E-state index contributed by atoms with van der Waals surface area (Å²) in [4.78, 5) is 15.0. The first kappa shape index (κ1) is 24.1. The first-order chi connectivity index (χ1) is 15.2. The summed E-state index contributed by atoms with van der Waals surface area (Å²) < 4.78 is 31.3. The highest BCUT2D eigenvalue weighted by Gasteiger charge is 2.24.